The van der Waals surface area contributed by atoms with Crippen LogP contribution in [-0.2, 0) is 12.6 Å². The molecule has 0 saturated carbocycles. The second-order valence-electron chi connectivity index (χ2n) is 12.2. The van der Waals surface area contributed by atoms with Gasteiger partial charge in [0.1, 0.15) is 0 Å². The summed E-state index contributed by atoms with van der Waals surface area (Å²) in [5.74, 6) is 0.0278. The molecule has 0 fully saturated rings. The van der Waals surface area contributed by atoms with Gasteiger partial charge < -0.3 is 0 Å². The Bertz CT molecular complexity index is 1560. The second kappa shape index (κ2) is 12.5. The van der Waals surface area contributed by atoms with E-state index in [-0.39, 0.29) is 51.3 Å². The fourth-order valence-corrected chi connectivity index (χ4v) is 11.3. The van der Waals surface area contributed by atoms with Crippen LogP contribution in [0.15, 0.2) is 60.7 Å². The van der Waals surface area contributed by atoms with Crippen LogP contribution in [0, 0.1) is 26.6 Å². The fourth-order valence-electron chi connectivity index (χ4n) is 4.33. The van der Waals surface area contributed by atoms with Crippen LogP contribution >= 0.6 is 0 Å². The van der Waals surface area contributed by atoms with Crippen molar-refractivity contribution in [2.24, 2.45) is 0 Å². The molecule has 1 aromatic heterocycles. The molecule has 0 aliphatic rings. The van der Waals surface area contributed by atoms with Crippen LogP contribution in [-0.4, -0.2) is 42.8 Å². The Morgan fingerprint density at radius 1 is 0.952 bits per heavy atom. The first-order chi connectivity index (χ1) is 19.5. The third kappa shape index (κ3) is 7.49. The van der Waals surface area contributed by atoms with Crippen LogP contribution in [0.4, 0.5) is 17.6 Å². The number of halogens is 4. The number of hydrogen-bond acceptors (Lipinski definition) is 2. The maximum atomic E-state index is 15.1. The first-order valence-electron chi connectivity index (χ1n) is 13.8. The van der Waals surface area contributed by atoms with E-state index in [2.05, 4.69) is 39.9 Å². The van der Waals surface area contributed by atoms with Crippen molar-refractivity contribution in [2.45, 2.75) is 77.1 Å². The molecule has 0 bridgehead atoms. The molecule has 2 nitrogen and oxygen atoms in total. The number of hydrogen-bond donors (Lipinski definition) is 0. The number of nitrogens with zero attached hydrogens (tertiary/aromatic N) is 1. The third-order valence-corrected chi connectivity index (χ3v) is 18.2. The molecule has 1 heterocycles. The van der Waals surface area contributed by atoms with Crippen molar-refractivity contribution in [3.05, 3.63) is 98.9 Å². The molecule has 42 heavy (non-hydrogen) atoms. The zero-order chi connectivity index (χ0) is 31.0. The first kappa shape index (κ1) is 32.8. The predicted molar refractivity (Wildman–Crippen MR) is 168 cm³/mol. The summed E-state index contributed by atoms with van der Waals surface area (Å²) in [6.07, 6.45) is -4.67. The van der Waals surface area contributed by atoms with E-state index in [1.54, 1.807) is 0 Å². The monoisotopic (exact) mass is 727 g/mol. The van der Waals surface area contributed by atoms with Gasteiger partial charge in [-0.3, -0.25) is 0 Å². The van der Waals surface area contributed by atoms with Gasteiger partial charge >= 0.3 is 261 Å². The molecule has 1 atom stereocenters. The van der Waals surface area contributed by atoms with Crippen molar-refractivity contribution >= 4 is 42.2 Å². The first-order valence-corrected chi connectivity index (χ1v) is 20.3. The third-order valence-electron chi connectivity index (χ3n) is 7.83. The van der Waals surface area contributed by atoms with Crippen molar-refractivity contribution in [3.63, 3.8) is 0 Å². The van der Waals surface area contributed by atoms with Crippen molar-refractivity contribution in [3.8, 4) is 15.9 Å². The van der Waals surface area contributed by atoms with Gasteiger partial charge in [0.05, 0.1) is 0 Å². The van der Waals surface area contributed by atoms with Crippen LogP contribution in [0.2, 0.25) is 18.1 Å². The Morgan fingerprint density at radius 2 is 1.62 bits per heavy atom. The van der Waals surface area contributed by atoms with Gasteiger partial charge in [-0.15, -0.1) is 0 Å². The average molecular weight is 726 g/mol. The molecular weight excluding hydrogens is 688 g/mol. The molecule has 0 amide bonds. The van der Waals surface area contributed by atoms with E-state index < -0.39 is 25.9 Å². The van der Waals surface area contributed by atoms with E-state index >= 15 is 4.39 Å². The molecule has 0 N–H and O–H groups in total. The summed E-state index contributed by atoms with van der Waals surface area (Å²) in [7, 11) is -2.05. The van der Waals surface area contributed by atoms with E-state index in [0.29, 0.717) is 0 Å². The number of rotatable bonds is 8. The Balaban J connectivity index is 1.75. The summed E-state index contributed by atoms with van der Waals surface area (Å²) in [6, 6.07) is 17.5. The van der Waals surface area contributed by atoms with Gasteiger partial charge in [-0.1, -0.05) is 0 Å². The van der Waals surface area contributed by atoms with E-state index in [0.717, 1.165) is 59.8 Å². The SMILES string of the molecule is Cc1ccc(-c2nc(C)c(C(Cc3c(F)cccc3C(F)(F)F)[Se]c3ccc(O[Si](C)(C)C(C)(C)C)c(C)c3)[se]2)cc1. The summed E-state index contributed by atoms with van der Waals surface area (Å²) in [5.41, 5.74) is 2.82. The van der Waals surface area contributed by atoms with Gasteiger partial charge in [0, 0.05) is 0 Å². The Morgan fingerprint density at radius 3 is 2.21 bits per heavy atom. The number of aryl methyl sites for hydroxylation is 3. The van der Waals surface area contributed by atoms with E-state index in [9.17, 15) is 13.2 Å². The van der Waals surface area contributed by atoms with E-state index in [1.165, 1.54) is 0 Å². The molecule has 9 heteroatoms. The van der Waals surface area contributed by atoms with Gasteiger partial charge in [-0.2, -0.15) is 0 Å². The summed E-state index contributed by atoms with van der Waals surface area (Å²) < 4.78 is 66.6. The van der Waals surface area contributed by atoms with Gasteiger partial charge in [0.15, 0.2) is 0 Å². The normalized spacial score (nSPS) is 13.3. The number of alkyl halides is 3. The van der Waals surface area contributed by atoms with Crippen LogP contribution in [0.5, 0.6) is 5.75 Å². The summed E-state index contributed by atoms with van der Waals surface area (Å²) >= 11 is -0.460. The van der Waals surface area contributed by atoms with Gasteiger partial charge in [-0.05, 0) is 0 Å². The standard InChI is InChI=1S/C33H37F4NOSe2Si/c1-20-12-14-23(15-13-20)31-38-22(3)30(41-31)29(19-25-26(33(35,36)37)10-9-11-27(25)34)40-24-16-17-28(21(2)18-24)39-42(7,8)32(4,5)6/h9-18,29H,19H2,1-8H3. The molecular formula is C33H37F4NOSe2Si. The Kier molecular flexibility index (Phi) is 9.71. The maximum absolute atomic E-state index is 15.1. The van der Waals surface area contributed by atoms with Crippen molar-refractivity contribution in [1.29, 1.82) is 0 Å². The summed E-state index contributed by atoms with van der Waals surface area (Å²) in [4.78, 5) is 4.58. The molecule has 4 aromatic rings. The van der Waals surface area contributed by atoms with Crippen molar-refractivity contribution < 1.29 is 22.0 Å². The van der Waals surface area contributed by atoms with Crippen LogP contribution in [0.25, 0.3) is 10.1 Å². The fraction of sp³-hybridized carbons (Fsp3) is 0.364. The summed E-state index contributed by atoms with van der Waals surface area (Å²) in [6.45, 7) is 17.0. The van der Waals surface area contributed by atoms with Crippen molar-refractivity contribution in [1.82, 2.24) is 4.98 Å². The molecule has 3 aromatic carbocycles. The van der Waals surface area contributed by atoms with Crippen LogP contribution < -0.4 is 8.89 Å². The molecule has 0 saturated heterocycles. The zero-order valence-electron chi connectivity index (χ0n) is 25.2. The topological polar surface area (TPSA) is 22.1 Å². The second-order valence-corrected chi connectivity index (χ2v) is 21.8. The van der Waals surface area contributed by atoms with Gasteiger partial charge in [0.2, 0.25) is 0 Å². The molecule has 224 valence electrons. The van der Waals surface area contributed by atoms with Crippen molar-refractivity contribution in [2.75, 3.05) is 0 Å². The number of benzene rings is 3. The average Bonchev–Trinajstić information content (AvgIpc) is 3.26. The quantitative estimate of drug-likeness (QED) is 0.134. The molecule has 1 unspecified atom stereocenters. The van der Waals surface area contributed by atoms with Crippen LogP contribution in [0.3, 0.4) is 0 Å². The minimum absolute atomic E-state index is 0.0338. The Hall–Kier alpha value is -2.15. The van der Waals surface area contributed by atoms with Crippen LogP contribution in [0.1, 0.15) is 58.0 Å². The van der Waals surface area contributed by atoms with Gasteiger partial charge in [0.25, 0.3) is 0 Å². The van der Waals surface area contributed by atoms with E-state index in [1.807, 2.05) is 57.2 Å². The Labute approximate surface area is 260 Å². The van der Waals surface area contributed by atoms with Gasteiger partial charge in [-0.25, -0.2) is 0 Å². The molecule has 0 radical (unpaired) electrons. The molecule has 0 spiro atoms. The minimum atomic E-state index is -4.64. The molecule has 4 rings (SSSR count). The summed E-state index contributed by atoms with van der Waals surface area (Å²) in [5, 5.41) is 0.0484. The van der Waals surface area contributed by atoms with E-state index in [4.69, 9.17) is 9.41 Å². The molecule has 0 aliphatic carbocycles. The molecule has 0 aliphatic heterocycles. The predicted octanol–water partition coefficient (Wildman–Crippen LogP) is 8.59. The zero-order valence-corrected chi connectivity index (χ0v) is 29.7. The number of aromatic nitrogens is 1.